The van der Waals surface area contributed by atoms with Gasteiger partial charge in [-0.25, -0.2) is 4.79 Å². The molecule has 2 unspecified atom stereocenters. The van der Waals surface area contributed by atoms with Crippen molar-refractivity contribution in [2.75, 3.05) is 11.9 Å². The fraction of sp³-hybridized carbons (Fsp3) is 0.440. The molecule has 1 saturated carbocycles. The Morgan fingerprint density at radius 2 is 1.71 bits per heavy atom. The molecule has 0 aromatic heterocycles. The second-order valence-electron chi connectivity index (χ2n) is 9.00. The van der Waals surface area contributed by atoms with Gasteiger partial charge < -0.3 is 20.6 Å². The first-order valence-electron chi connectivity index (χ1n) is 11.3. The summed E-state index contributed by atoms with van der Waals surface area (Å²) in [6, 6.07) is 18.6. The average Bonchev–Trinajstić information content (AvgIpc) is 3.24. The van der Waals surface area contributed by atoms with E-state index in [1.807, 2.05) is 23.1 Å². The first-order valence-corrected chi connectivity index (χ1v) is 11.3. The van der Waals surface area contributed by atoms with E-state index in [0.717, 1.165) is 37.8 Å². The predicted octanol–water partition coefficient (Wildman–Crippen LogP) is 4.57. The molecule has 2 aromatic carbocycles. The molecule has 1 saturated heterocycles. The molecule has 2 amide bonds. The summed E-state index contributed by atoms with van der Waals surface area (Å²) in [5, 5.41) is 15.6. The van der Waals surface area contributed by atoms with Crippen LogP contribution in [0.1, 0.15) is 55.3 Å². The van der Waals surface area contributed by atoms with E-state index >= 15 is 0 Å². The van der Waals surface area contributed by atoms with Crippen LogP contribution in [-0.2, 0) is 4.79 Å². The van der Waals surface area contributed by atoms with Gasteiger partial charge in [0.05, 0.1) is 18.0 Å². The maximum absolute atomic E-state index is 13.8. The Labute approximate surface area is 182 Å². The first kappa shape index (κ1) is 19.9. The molecule has 2 heterocycles. The Morgan fingerprint density at radius 3 is 2.52 bits per heavy atom. The second-order valence-corrected chi connectivity index (χ2v) is 9.00. The number of carbonyl (C=O) groups is 2. The minimum Gasteiger partial charge on any atom is -0.465 e. The quantitative estimate of drug-likeness (QED) is 0.681. The number of nitrogens with zero attached hydrogens (tertiary/aromatic N) is 1. The molecule has 1 aliphatic carbocycles. The van der Waals surface area contributed by atoms with Gasteiger partial charge in [0.25, 0.3) is 0 Å². The number of carboxylic acid groups (broad SMARTS) is 1. The van der Waals surface area contributed by atoms with Gasteiger partial charge in [-0.3, -0.25) is 4.79 Å². The number of amides is 2. The third-order valence-electron chi connectivity index (χ3n) is 7.30. The molecule has 0 radical (unpaired) electrons. The molecular formula is C25H29N3O3. The SMILES string of the molecule is O=C(O)NC1CCCCC1C(=O)N1CC[C@H]2[C@@H](c3ccccc3)Nc3ccccc3[C@H]21. The number of para-hydroxylation sites is 1. The number of likely N-dealkylation sites (tertiary alicyclic amines) is 1. The van der Waals surface area contributed by atoms with E-state index in [0.29, 0.717) is 6.54 Å². The number of hydrogen-bond acceptors (Lipinski definition) is 3. The van der Waals surface area contributed by atoms with Crippen molar-refractivity contribution in [2.24, 2.45) is 11.8 Å². The second kappa shape index (κ2) is 8.25. The average molecular weight is 420 g/mol. The van der Waals surface area contributed by atoms with Crippen molar-refractivity contribution in [3.63, 3.8) is 0 Å². The number of hydrogen-bond donors (Lipinski definition) is 3. The largest absolute Gasteiger partial charge is 0.465 e. The van der Waals surface area contributed by atoms with Crippen LogP contribution in [0.5, 0.6) is 0 Å². The van der Waals surface area contributed by atoms with Crippen LogP contribution in [0.15, 0.2) is 54.6 Å². The van der Waals surface area contributed by atoms with E-state index < -0.39 is 6.09 Å². The van der Waals surface area contributed by atoms with Gasteiger partial charge in [0.1, 0.15) is 0 Å². The predicted molar refractivity (Wildman–Crippen MR) is 119 cm³/mol. The molecule has 2 aromatic rings. The van der Waals surface area contributed by atoms with Gasteiger partial charge in [0, 0.05) is 24.2 Å². The molecule has 0 bridgehead atoms. The van der Waals surface area contributed by atoms with Crippen LogP contribution < -0.4 is 10.6 Å². The third kappa shape index (κ3) is 3.64. The Kier molecular flexibility index (Phi) is 5.30. The lowest BCUT2D eigenvalue weighted by Crippen LogP contribution is -2.49. The van der Waals surface area contributed by atoms with E-state index in [1.165, 1.54) is 11.1 Å². The van der Waals surface area contributed by atoms with Crippen molar-refractivity contribution in [2.45, 2.75) is 50.2 Å². The van der Waals surface area contributed by atoms with E-state index in [9.17, 15) is 14.7 Å². The number of anilines is 1. The lowest BCUT2D eigenvalue weighted by atomic mass is 9.79. The summed E-state index contributed by atoms with van der Waals surface area (Å²) in [6.07, 6.45) is 3.31. The minimum absolute atomic E-state index is 0.0163. The Morgan fingerprint density at radius 1 is 0.968 bits per heavy atom. The normalized spacial score (nSPS) is 29.4. The summed E-state index contributed by atoms with van der Waals surface area (Å²) in [7, 11) is 0. The number of benzene rings is 2. The Balaban J connectivity index is 1.48. The van der Waals surface area contributed by atoms with Crippen LogP contribution in [0.2, 0.25) is 0 Å². The zero-order chi connectivity index (χ0) is 21.4. The highest BCUT2D eigenvalue weighted by Crippen LogP contribution is 2.51. The van der Waals surface area contributed by atoms with Crippen molar-refractivity contribution < 1.29 is 14.7 Å². The van der Waals surface area contributed by atoms with Gasteiger partial charge in [-0.2, -0.15) is 0 Å². The van der Waals surface area contributed by atoms with Crippen LogP contribution in [-0.4, -0.2) is 34.6 Å². The van der Waals surface area contributed by atoms with Gasteiger partial charge in [0.15, 0.2) is 0 Å². The summed E-state index contributed by atoms with van der Waals surface area (Å²) in [4.78, 5) is 27.1. The zero-order valence-corrected chi connectivity index (χ0v) is 17.5. The molecule has 5 rings (SSSR count). The van der Waals surface area contributed by atoms with Crippen LogP contribution >= 0.6 is 0 Å². The van der Waals surface area contributed by atoms with E-state index in [1.54, 1.807) is 0 Å². The molecule has 2 aliphatic heterocycles. The first-order chi connectivity index (χ1) is 15.1. The van der Waals surface area contributed by atoms with Gasteiger partial charge in [-0.15, -0.1) is 0 Å². The summed E-state index contributed by atoms with van der Waals surface area (Å²) in [6.45, 7) is 0.712. The number of rotatable bonds is 3. The summed E-state index contributed by atoms with van der Waals surface area (Å²) < 4.78 is 0. The molecule has 3 N–H and O–H groups in total. The van der Waals surface area contributed by atoms with Crippen molar-refractivity contribution in [3.05, 3.63) is 65.7 Å². The highest BCUT2D eigenvalue weighted by atomic mass is 16.4. The number of carbonyl (C=O) groups excluding carboxylic acids is 1. The monoisotopic (exact) mass is 419 g/mol. The highest BCUT2D eigenvalue weighted by molar-refractivity contribution is 5.82. The lowest BCUT2D eigenvalue weighted by Gasteiger charge is -2.42. The van der Waals surface area contributed by atoms with Crippen molar-refractivity contribution >= 4 is 17.7 Å². The van der Waals surface area contributed by atoms with E-state index in [2.05, 4.69) is 47.0 Å². The summed E-state index contributed by atoms with van der Waals surface area (Å²) >= 11 is 0. The van der Waals surface area contributed by atoms with Crippen molar-refractivity contribution in [1.82, 2.24) is 10.2 Å². The Bertz CT molecular complexity index is 963. The lowest BCUT2D eigenvalue weighted by molar-refractivity contribution is -0.138. The molecule has 2 fully saturated rings. The molecule has 5 atom stereocenters. The van der Waals surface area contributed by atoms with Crippen molar-refractivity contribution in [3.8, 4) is 0 Å². The minimum atomic E-state index is -1.04. The number of fused-ring (bicyclic) bond motifs is 3. The molecule has 31 heavy (non-hydrogen) atoms. The zero-order valence-electron chi connectivity index (χ0n) is 17.5. The third-order valence-corrected chi connectivity index (χ3v) is 7.30. The standard InChI is InChI=1S/C25H29N3O3/c29-24(18-11-5-7-13-21(18)27-25(30)31)28-15-14-19-22(16-8-2-1-3-9-16)26-20-12-6-4-10-17(20)23(19)28/h1-4,6,8-10,12,18-19,21-23,26-27H,5,7,11,13-15H2,(H,30,31)/t18?,19-,21?,22+,23+/m0/s1. The molecule has 0 spiro atoms. The van der Waals surface area contributed by atoms with Crippen LogP contribution in [0.25, 0.3) is 0 Å². The maximum atomic E-state index is 13.8. The maximum Gasteiger partial charge on any atom is 0.404 e. The van der Waals surface area contributed by atoms with E-state index in [4.69, 9.17) is 0 Å². The topological polar surface area (TPSA) is 81.7 Å². The van der Waals surface area contributed by atoms with Gasteiger partial charge in [-0.05, 0) is 36.5 Å². The van der Waals surface area contributed by atoms with Gasteiger partial charge >= 0.3 is 6.09 Å². The fourth-order valence-electron chi connectivity index (χ4n) is 5.93. The summed E-state index contributed by atoms with van der Waals surface area (Å²) in [5.41, 5.74) is 3.50. The molecule has 6 nitrogen and oxygen atoms in total. The molecule has 3 aliphatic rings. The van der Waals surface area contributed by atoms with Gasteiger partial charge in [-0.1, -0.05) is 61.4 Å². The van der Waals surface area contributed by atoms with Crippen molar-refractivity contribution in [1.29, 1.82) is 0 Å². The highest BCUT2D eigenvalue weighted by Gasteiger charge is 2.48. The smallest absolute Gasteiger partial charge is 0.404 e. The van der Waals surface area contributed by atoms with E-state index in [-0.39, 0.29) is 35.9 Å². The fourth-order valence-corrected chi connectivity index (χ4v) is 5.93. The molecule has 162 valence electrons. The number of nitrogens with one attached hydrogen (secondary N) is 2. The Hall–Kier alpha value is -3.02. The van der Waals surface area contributed by atoms with Gasteiger partial charge in [0.2, 0.25) is 5.91 Å². The van der Waals surface area contributed by atoms with Crippen LogP contribution in [0.3, 0.4) is 0 Å². The summed E-state index contributed by atoms with van der Waals surface area (Å²) in [5.74, 6) is 0.117. The molecular weight excluding hydrogens is 390 g/mol. The van der Waals surface area contributed by atoms with Crippen LogP contribution in [0.4, 0.5) is 10.5 Å². The molecule has 6 heteroatoms. The van der Waals surface area contributed by atoms with Crippen LogP contribution in [0, 0.1) is 11.8 Å².